The topological polar surface area (TPSA) is 33.2 Å². The van der Waals surface area contributed by atoms with Crippen LogP contribution in [0.2, 0.25) is 0 Å². The Kier molecular flexibility index (Phi) is 3.83. The molecule has 3 nitrogen and oxygen atoms in total. The molecule has 1 fully saturated rings. The van der Waals surface area contributed by atoms with Crippen molar-refractivity contribution in [2.75, 3.05) is 6.54 Å². The predicted octanol–water partition coefficient (Wildman–Crippen LogP) is 3.36. The van der Waals surface area contributed by atoms with Gasteiger partial charge in [0.1, 0.15) is 5.01 Å². The Balaban J connectivity index is 1.71. The van der Waals surface area contributed by atoms with Gasteiger partial charge in [-0.2, -0.15) is 0 Å². The number of carbonyl (C=O) groups is 1. The Morgan fingerprint density at radius 3 is 2.90 bits per heavy atom. The summed E-state index contributed by atoms with van der Waals surface area (Å²) in [7, 11) is 0. The van der Waals surface area contributed by atoms with Gasteiger partial charge >= 0.3 is 0 Å². The van der Waals surface area contributed by atoms with Crippen molar-refractivity contribution in [2.24, 2.45) is 0 Å². The molecule has 2 heterocycles. The molecule has 0 aliphatic carbocycles. The van der Waals surface area contributed by atoms with Crippen molar-refractivity contribution in [3.05, 3.63) is 52.0 Å². The molecule has 1 amide bonds. The number of hydrogen-bond donors (Lipinski definition) is 0. The lowest BCUT2D eigenvalue weighted by molar-refractivity contribution is -0.131. The maximum absolute atomic E-state index is 12.5. The summed E-state index contributed by atoms with van der Waals surface area (Å²) in [5.74, 6) is 0.214. The highest BCUT2D eigenvalue weighted by molar-refractivity contribution is 7.09. The van der Waals surface area contributed by atoms with Crippen molar-refractivity contribution >= 4 is 17.2 Å². The fourth-order valence-electron chi connectivity index (χ4n) is 2.70. The molecule has 20 heavy (non-hydrogen) atoms. The molecule has 0 spiro atoms. The monoisotopic (exact) mass is 286 g/mol. The van der Waals surface area contributed by atoms with Gasteiger partial charge in [0.05, 0.1) is 12.5 Å². The molecule has 1 atom stereocenters. The van der Waals surface area contributed by atoms with Gasteiger partial charge in [-0.3, -0.25) is 4.79 Å². The van der Waals surface area contributed by atoms with Gasteiger partial charge in [0.15, 0.2) is 0 Å². The van der Waals surface area contributed by atoms with Crippen molar-refractivity contribution in [3.8, 4) is 0 Å². The largest absolute Gasteiger partial charge is 0.333 e. The number of likely N-dealkylation sites (tertiary alicyclic amines) is 1. The van der Waals surface area contributed by atoms with Gasteiger partial charge in [0.2, 0.25) is 5.91 Å². The second-order valence-corrected chi connectivity index (χ2v) is 6.20. The highest BCUT2D eigenvalue weighted by Gasteiger charge is 2.31. The lowest BCUT2D eigenvalue weighted by Gasteiger charge is -2.23. The minimum Gasteiger partial charge on any atom is -0.333 e. The number of carbonyl (C=O) groups excluding carboxylic acids is 1. The minimum atomic E-state index is 0.188. The molecule has 1 aromatic carbocycles. The van der Waals surface area contributed by atoms with Crippen LogP contribution < -0.4 is 0 Å². The Hall–Kier alpha value is -1.68. The van der Waals surface area contributed by atoms with Crippen molar-refractivity contribution in [2.45, 2.75) is 32.2 Å². The van der Waals surface area contributed by atoms with Crippen LogP contribution in [0.4, 0.5) is 0 Å². The summed E-state index contributed by atoms with van der Waals surface area (Å²) in [5.41, 5.74) is 2.31. The van der Waals surface area contributed by atoms with E-state index in [-0.39, 0.29) is 11.9 Å². The number of aryl methyl sites for hydroxylation is 1. The molecule has 0 N–H and O–H groups in total. The molecule has 1 aliphatic rings. The smallest absolute Gasteiger partial charge is 0.227 e. The Morgan fingerprint density at radius 1 is 1.40 bits per heavy atom. The molecule has 0 saturated carbocycles. The predicted molar refractivity (Wildman–Crippen MR) is 80.7 cm³/mol. The first kappa shape index (κ1) is 13.3. The molecule has 0 radical (unpaired) electrons. The van der Waals surface area contributed by atoms with Crippen LogP contribution in [0.5, 0.6) is 0 Å². The normalized spacial score (nSPS) is 18.4. The van der Waals surface area contributed by atoms with E-state index in [9.17, 15) is 4.79 Å². The van der Waals surface area contributed by atoms with Crippen molar-refractivity contribution in [3.63, 3.8) is 0 Å². The van der Waals surface area contributed by atoms with E-state index in [1.54, 1.807) is 11.3 Å². The maximum atomic E-state index is 12.5. The number of aromatic nitrogens is 1. The minimum absolute atomic E-state index is 0.188. The van der Waals surface area contributed by atoms with Crippen LogP contribution in [-0.2, 0) is 11.2 Å². The molecular formula is C16H18N2OS. The Bertz CT molecular complexity index is 577. The van der Waals surface area contributed by atoms with Crippen LogP contribution in [0.15, 0.2) is 35.8 Å². The van der Waals surface area contributed by atoms with Gasteiger partial charge < -0.3 is 4.90 Å². The van der Waals surface area contributed by atoms with Crippen LogP contribution in [0.25, 0.3) is 0 Å². The van der Waals surface area contributed by atoms with Crippen molar-refractivity contribution in [1.82, 2.24) is 9.88 Å². The molecule has 1 saturated heterocycles. The van der Waals surface area contributed by atoms with Gasteiger partial charge in [0, 0.05) is 18.1 Å². The summed E-state index contributed by atoms with van der Waals surface area (Å²) in [6.07, 6.45) is 4.42. The van der Waals surface area contributed by atoms with Gasteiger partial charge in [-0.1, -0.05) is 29.8 Å². The zero-order chi connectivity index (χ0) is 13.9. The number of thiazole rings is 1. The fraction of sp³-hybridized carbons (Fsp3) is 0.375. The molecule has 1 aromatic heterocycles. The molecule has 1 unspecified atom stereocenters. The van der Waals surface area contributed by atoms with E-state index in [2.05, 4.69) is 24.0 Å². The van der Waals surface area contributed by atoms with Crippen LogP contribution in [0, 0.1) is 6.92 Å². The van der Waals surface area contributed by atoms with E-state index in [1.807, 2.05) is 28.6 Å². The third kappa shape index (κ3) is 2.75. The molecular weight excluding hydrogens is 268 g/mol. The average molecular weight is 286 g/mol. The number of hydrogen-bond acceptors (Lipinski definition) is 3. The first-order valence-corrected chi connectivity index (χ1v) is 7.86. The highest BCUT2D eigenvalue weighted by atomic mass is 32.1. The fourth-order valence-corrected chi connectivity index (χ4v) is 3.49. The van der Waals surface area contributed by atoms with Crippen LogP contribution >= 0.6 is 11.3 Å². The Morgan fingerprint density at radius 2 is 2.20 bits per heavy atom. The summed E-state index contributed by atoms with van der Waals surface area (Å²) >= 11 is 1.64. The van der Waals surface area contributed by atoms with Crippen molar-refractivity contribution < 1.29 is 4.79 Å². The van der Waals surface area contributed by atoms with Gasteiger partial charge in [-0.05, 0) is 25.3 Å². The molecule has 104 valence electrons. The first-order chi connectivity index (χ1) is 9.74. The lowest BCUT2D eigenvalue weighted by atomic mass is 10.1. The van der Waals surface area contributed by atoms with E-state index >= 15 is 0 Å². The summed E-state index contributed by atoms with van der Waals surface area (Å²) in [6.45, 7) is 2.92. The maximum Gasteiger partial charge on any atom is 0.227 e. The molecule has 4 heteroatoms. The summed E-state index contributed by atoms with van der Waals surface area (Å²) in [6, 6.07) is 8.40. The Labute approximate surface area is 123 Å². The molecule has 0 bridgehead atoms. The van der Waals surface area contributed by atoms with Gasteiger partial charge in [-0.15, -0.1) is 11.3 Å². The van der Waals surface area contributed by atoms with E-state index in [1.165, 1.54) is 5.56 Å². The molecule has 2 aromatic rings. The van der Waals surface area contributed by atoms with Crippen molar-refractivity contribution in [1.29, 1.82) is 0 Å². The average Bonchev–Trinajstić information content (AvgIpc) is 3.11. The first-order valence-electron chi connectivity index (χ1n) is 6.98. The van der Waals surface area contributed by atoms with Crippen LogP contribution in [-0.4, -0.2) is 22.3 Å². The second kappa shape index (κ2) is 5.75. The molecule has 1 aliphatic heterocycles. The van der Waals surface area contributed by atoms with E-state index in [4.69, 9.17) is 0 Å². The van der Waals surface area contributed by atoms with Crippen LogP contribution in [0.1, 0.15) is 35.0 Å². The second-order valence-electron chi connectivity index (χ2n) is 5.28. The number of rotatable bonds is 3. The highest BCUT2D eigenvalue weighted by Crippen LogP contribution is 2.33. The van der Waals surface area contributed by atoms with Crippen LogP contribution in [0.3, 0.4) is 0 Å². The van der Waals surface area contributed by atoms with E-state index in [0.29, 0.717) is 6.42 Å². The summed E-state index contributed by atoms with van der Waals surface area (Å²) < 4.78 is 0. The third-order valence-corrected chi connectivity index (χ3v) is 4.66. The number of nitrogens with zero attached hydrogens (tertiary/aromatic N) is 2. The zero-order valence-corrected chi connectivity index (χ0v) is 12.4. The standard InChI is InChI=1S/C16H18N2OS/c1-12-4-6-13(7-5-12)11-15(19)18-9-2-3-14(18)16-17-8-10-20-16/h4-8,10,14H,2-3,9,11H2,1H3. The summed E-state index contributed by atoms with van der Waals surface area (Å²) in [5, 5.41) is 3.05. The van der Waals surface area contributed by atoms with E-state index in [0.717, 1.165) is 30.0 Å². The van der Waals surface area contributed by atoms with E-state index < -0.39 is 0 Å². The number of amides is 1. The van der Waals surface area contributed by atoms with Gasteiger partial charge in [-0.25, -0.2) is 4.98 Å². The number of benzene rings is 1. The zero-order valence-electron chi connectivity index (χ0n) is 11.6. The third-order valence-electron chi connectivity index (χ3n) is 3.79. The molecule has 3 rings (SSSR count). The lowest BCUT2D eigenvalue weighted by Crippen LogP contribution is -2.31. The summed E-state index contributed by atoms with van der Waals surface area (Å²) in [4.78, 5) is 18.9. The van der Waals surface area contributed by atoms with Gasteiger partial charge in [0.25, 0.3) is 0 Å². The SMILES string of the molecule is Cc1ccc(CC(=O)N2CCCC2c2nccs2)cc1. The quantitative estimate of drug-likeness (QED) is 0.867.